The van der Waals surface area contributed by atoms with Crippen molar-refractivity contribution in [2.24, 2.45) is 5.92 Å². The first-order chi connectivity index (χ1) is 14.1. The monoisotopic (exact) mass is 401 g/mol. The van der Waals surface area contributed by atoms with Gasteiger partial charge in [0.2, 0.25) is 0 Å². The molecule has 2 aliphatic heterocycles. The lowest BCUT2D eigenvalue weighted by Gasteiger charge is -2.36. The third-order valence-corrected chi connectivity index (χ3v) is 5.64. The molecule has 0 bridgehead atoms. The number of aromatic nitrogens is 1. The van der Waals surface area contributed by atoms with E-state index in [0.717, 1.165) is 63.3 Å². The van der Waals surface area contributed by atoms with Gasteiger partial charge >= 0.3 is 6.03 Å². The molecule has 0 saturated carbocycles. The molecule has 3 heterocycles. The van der Waals surface area contributed by atoms with Crippen molar-refractivity contribution in [1.82, 2.24) is 20.3 Å². The van der Waals surface area contributed by atoms with E-state index >= 15 is 0 Å². The topological polar surface area (TPSA) is 73.6 Å². The second-order valence-corrected chi connectivity index (χ2v) is 7.84. The number of halogens is 1. The highest BCUT2D eigenvalue weighted by molar-refractivity contribution is 5.74. The van der Waals surface area contributed by atoms with Crippen molar-refractivity contribution in [3.05, 3.63) is 41.4 Å². The molecule has 2 N–H and O–H groups in total. The van der Waals surface area contributed by atoms with Gasteiger partial charge in [-0.2, -0.15) is 0 Å². The zero-order chi connectivity index (χ0) is 20.2. The average molecular weight is 401 g/mol. The van der Waals surface area contributed by atoms with Crippen molar-refractivity contribution in [1.29, 1.82) is 0 Å². The van der Waals surface area contributed by atoms with Gasteiger partial charge < -0.3 is 20.1 Å². The lowest BCUT2D eigenvalue weighted by Crippen LogP contribution is -2.48. The molecule has 0 radical (unpaired) electrons. The lowest BCUT2D eigenvalue weighted by molar-refractivity contribution is 0.132. The summed E-state index contributed by atoms with van der Waals surface area (Å²) < 4.78 is 19.0. The van der Waals surface area contributed by atoms with Gasteiger partial charge in [0.1, 0.15) is 11.6 Å². The molecule has 1 atom stereocenters. The number of hydrogen-bond acceptors (Lipinski definition) is 5. The normalized spacial score (nSPS) is 19.7. The summed E-state index contributed by atoms with van der Waals surface area (Å²) in [4.78, 5) is 16.5. The minimum Gasteiger partial charge on any atom is -0.359 e. The first-order valence-corrected chi connectivity index (χ1v) is 10.4. The number of fused-ring (bicyclic) bond motifs is 1. The van der Waals surface area contributed by atoms with Crippen molar-refractivity contribution < 1.29 is 13.7 Å². The molecule has 1 aromatic carbocycles. The summed E-state index contributed by atoms with van der Waals surface area (Å²) in [6.45, 7) is 6.84. The van der Waals surface area contributed by atoms with Crippen LogP contribution in [0.25, 0.3) is 0 Å². The number of nitrogens with one attached hydrogen (secondary N) is 2. The SMILES string of the molecule is CCNC(=O)N1CCC[C@H](CN2CCc3onc(Nc4cccc(F)c4)c3C2)C1. The maximum atomic E-state index is 13.5. The van der Waals surface area contributed by atoms with Crippen LogP contribution in [0.5, 0.6) is 0 Å². The van der Waals surface area contributed by atoms with Crippen molar-refractivity contribution in [3.63, 3.8) is 0 Å². The second-order valence-electron chi connectivity index (χ2n) is 7.84. The fourth-order valence-corrected chi connectivity index (χ4v) is 4.25. The quantitative estimate of drug-likeness (QED) is 0.804. The van der Waals surface area contributed by atoms with Gasteiger partial charge in [0, 0.05) is 51.4 Å². The number of carbonyl (C=O) groups is 1. The van der Waals surface area contributed by atoms with E-state index in [2.05, 4.69) is 20.7 Å². The van der Waals surface area contributed by atoms with Crippen LogP contribution < -0.4 is 10.6 Å². The summed E-state index contributed by atoms with van der Waals surface area (Å²) >= 11 is 0. The zero-order valence-electron chi connectivity index (χ0n) is 16.8. The maximum Gasteiger partial charge on any atom is 0.317 e. The molecule has 8 heteroatoms. The molecule has 156 valence electrons. The van der Waals surface area contributed by atoms with E-state index < -0.39 is 0 Å². The minimum atomic E-state index is -0.289. The van der Waals surface area contributed by atoms with Crippen LogP contribution in [0.15, 0.2) is 28.8 Å². The summed E-state index contributed by atoms with van der Waals surface area (Å²) in [5, 5.41) is 10.2. The lowest BCUT2D eigenvalue weighted by atomic mass is 9.96. The third-order valence-electron chi connectivity index (χ3n) is 5.64. The predicted molar refractivity (Wildman–Crippen MR) is 109 cm³/mol. The molecule has 1 fully saturated rings. The third kappa shape index (κ3) is 4.70. The highest BCUT2D eigenvalue weighted by Gasteiger charge is 2.29. The Kier molecular flexibility index (Phi) is 5.99. The summed E-state index contributed by atoms with van der Waals surface area (Å²) in [5.41, 5.74) is 1.69. The van der Waals surface area contributed by atoms with Crippen LogP contribution >= 0.6 is 0 Å². The van der Waals surface area contributed by atoms with E-state index in [-0.39, 0.29) is 11.8 Å². The largest absolute Gasteiger partial charge is 0.359 e. The first kappa shape index (κ1) is 19.7. The summed E-state index contributed by atoms with van der Waals surface area (Å²) in [6, 6.07) is 6.38. The number of rotatable bonds is 5. The first-order valence-electron chi connectivity index (χ1n) is 10.4. The Bertz CT molecular complexity index is 855. The van der Waals surface area contributed by atoms with Gasteiger partial charge in [-0.05, 0) is 43.9 Å². The Hall–Kier alpha value is -2.61. The number of carbonyl (C=O) groups excluding carboxylic acids is 1. The van der Waals surface area contributed by atoms with Crippen LogP contribution in [-0.4, -0.2) is 53.7 Å². The van der Waals surface area contributed by atoms with Crippen molar-refractivity contribution in [3.8, 4) is 0 Å². The second kappa shape index (κ2) is 8.82. The fraction of sp³-hybridized carbons (Fsp3) is 0.524. The molecule has 2 amide bonds. The number of urea groups is 1. The average Bonchev–Trinajstić information content (AvgIpc) is 3.10. The molecular weight excluding hydrogens is 373 g/mol. The Morgan fingerprint density at radius 1 is 1.38 bits per heavy atom. The van der Waals surface area contributed by atoms with Gasteiger partial charge in [-0.15, -0.1) is 0 Å². The van der Waals surface area contributed by atoms with Crippen LogP contribution in [0.1, 0.15) is 31.1 Å². The number of amides is 2. The minimum absolute atomic E-state index is 0.0405. The Labute approximate surface area is 170 Å². The molecule has 2 aromatic rings. The molecule has 2 aliphatic rings. The van der Waals surface area contributed by atoms with E-state index in [9.17, 15) is 9.18 Å². The van der Waals surface area contributed by atoms with Crippen molar-refractivity contribution in [2.45, 2.75) is 32.7 Å². The number of benzene rings is 1. The fourth-order valence-electron chi connectivity index (χ4n) is 4.25. The number of anilines is 2. The summed E-state index contributed by atoms with van der Waals surface area (Å²) in [6.07, 6.45) is 2.98. The smallest absolute Gasteiger partial charge is 0.317 e. The van der Waals surface area contributed by atoms with E-state index in [4.69, 9.17) is 4.52 Å². The molecular formula is C21H28FN5O2. The standard InChI is InChI=1S/C21H28FN5O2/c1-2-23-21(28)27-9-4-5-15(13-27)12-26-10-8-19-18(14-26)20(25-29-19)24-17-7-3-6-16(22)11-17/h3,6-7,11,15H,2,4-5,8-10,12-14H2,1H3,(H,23,28)(H,24,25)/t15-/m1/s1. The van der Waals surface area contributed by atoms with Crippen molar-refractivity contribution in [2.75, 3.05) is 38.0 Å². The van der Waals surface area contributed by atoms with Crippen LogP contribution in [0.2, 0.25) is 0 Å². The van der Waals surface area contributed by atoms with Crippen LogP contribution in [0, 0.1) is 11.7 Å². The van der Waals surface area contributed by atoms with Gasteiger partial charge in [-0.25, -0.2) is 9.18 Å². The Morgan fingerprint density at radius 2 is 2.28 bits per heavy atom. The number of piperidine rings is 1. The Balaban J connectivity index is 1.38. The molecule has 0 aliphatic carbocycles. The zero-order valence-corrected chi connectivity index (χ0v) is 16.8. The molecule has 29 heavy (non-hydrogen) atoms. The number of nitrogens with zero attached hydrogens (tertiary/aromatic N) is 3. The van der Waals surface area contributed by atoms with Gasteiger partial charge in [-0.1, -0.05) is 11.2 Å². The van der Waals surface area contributed by atoms with Crippen molar-refractivity contribution >= 4 is 17.5 Å². The van der Waals surface area contributed by atoms with E-state index in [0.29, 0.717) is 24.0 Å². The molecule has 1 aromatic heterocycles. The highest BCUT2D eigenvalue weighted by atomic mass is 19.1. The number of hydrogen-bond donors (Lipinski definition) is 2. The van der Waals surface area contributed by atoms with E-state index in [1.54, 1.807) is 6.07 Å². The summed E-state index contributed by atoms with van der Waals surface area (Å²) in [5.74, 6) is 1.73. The Morgan fingerprint density at radius 3 is 3.10 bits per heavy atom. The molecule has 7 nitrogen and oxygen atoms in total. The highest BCUT2D eigenvalue weighted by Crippen LogP contribution is 2.29. The van der Waals surface area contributed by atoms with E-state index in [1.807, 2.05) is 17.9 Å². The maximum absolute atomic E-state index is 13.5. The van der Waals surface area contributed by atoms with Crippen LogP contribution in [-0.2, 0) is 13.0 Å². The van der Waals surface area contributed by atoms with Gasteiger partial charge in [0.25, 0.3) is 0 Å². The van der Waals surface area contributed by atoms with Crippen LogP contribution in [0.3, 0.4) is 0 Å². The predicted octanol–water partition coefficient (Wildman–Crippen LogP) is 3.36. The van der Waals surface area contributed by atoms with Crippen LogP contribution in [0.4, 0.5) is 20.7 Å². The molecule has 0 unspecified atom stereocenters. The van der Waals surface area contributed by atoms with Gasteiger partial charge in [0.15, 0.2) is 5.82 Å². The summed E-state index contributed by atoms with van der Waals surface area (Å²) in [7, 11) is 0. The van der Waals surface area contributed by atoms with Gasteiger partial charge in [0.05, 0.1) is 5.56 Å². The number of likely N-dealkylation sites (tertiary alicyclic amines) is 1. The molecule has 1 saturated heterocycles. The van der Waals surface area contributed by atoms with Gasteiger partial charge in [-0.3, -0.25) is 4.90 Å². The van der Waals surface area contributed by atoms with E-state index in [1.165, 1.54) is 12.1 Å². The molecule has 0 spiro atoms. The molecule has 4 rings (SSSR count).